The van der Waals surface area contributed by atoms with Gasteiger partial charge >= 0.3 is 0 Å². The van der Waals surface area contributed by atoms with Gasteiger partial charge in [-0.25, -0.2) is 9.97 Å². The lowest BCUT2D eigenvalue weighted by Gasteiger charge is -2.27. The number of rotatable bonds is 44. The number of unbranched alkanes of at least 4 members (excludes halogenated alkanes) is 3. The fourth-order valence-electron chi connectivity index (χ4n) is 8.00. The van der Waals surface area contributed by atoms with Gasteiger partial charge in [-0.15, -0.1) is 0 Å². The number of ether oxygens (including phenoxy) is 1. The molecule has 472 valence electrons. The minimum atomic E-state index is -1.85. The number of guanidine groups is 3. The lowest BCUT2D eigenvalue weighted by Crippen LogP contribution is -2.52. The van der Waals surface area contributed by atoms with E-state index in [1.165, 1.54) is 0 Å². The van der Waals surface area contributed by atoms with Crippen LogP contribution in [0, 0.1) is 0 Å². The monoisotopic (exact) mass is 1200 g/mol. The molecule has 2 rings (SSSR count). The van der Waals surface area contributed by atoms with Gasteiger partial charge in [0.1, 0.15) is 49.0 Å². The molecule has 32 nitrogen and oxygen atoms in total. The maximum absolute atomic E-state index is 13.5. The average Bonchev–Trinajstić information content (AvgIpc) is 3.46. The first-order valence-electron chi connectivity index (χ1n) is 27.4. The van der Waals surface area contributed by atoms with E-state index in [9.17, 15) is 55.2 Å². The SMILES string of the molecule is NC(N)=NCCCC[C@H](NC[C@H](O)[C@@H](O)[C@H](O)[C@H](O)CO)C(=O)NCCCN(CCCNC(=O)[C@H](CCCCN=C(N)N)NC[C@H](O)[C@@H](O)[C@H](O)[C@H](O)CO)CCOc1ccc(CCCCN=C(N)NC(=O)c2nc(Cl)c(N)nc2N)cc1. The molecule has 0 aliphatic carbocycles. The summed E-state index contributed by atoms with van der Waals surface area (Å²) in [6.45, 7) is 0.685. The maximum Gasteiger partial charge on any atom is 0.280 e. The molecule has 0 fully saturated rings. The molecule has 1 aromatic heterocycles. The Morgan fingerprint density at radius 1 is 0.590 bits per heavy atom. The number of hydrogen-bond acceptors (Lipinski definition) is 24. The molecule has 0 bridgehead atoms. The second-order valence-electron chi connectivity index (χ2n) is 19.6. The number of aliphatic imine (C=N–C) groups is 3. The highest BCUT2D eigenvalue weighted by Crippen LogP contribution is 2.18. The van der Waals surface area contributed by atoms with Crippen molar-refractivity contribution in [2.24, 2.45) is 43.6 Å². The number of halogens is 1. The molecule has 0 aliphatic rings. The zero-order chi connectivity index (χ0) is 61.9. The molecule has 1 heterocycles. The van der Waals surface area contributed by atoms with Crippen LogP contribution in [0.2, 0.25) is 5.15 Å². The molecule has 2 aromatic rings. The number of hydrogen-bond donors (Lipinski definition) is 22. The van der Waals surface area contributed by atoms with Crippen molar-refractivity contribution in [1.82, 2.24) is 41.5 Å². The predicted octanol–water partition coefficient (Wildman–Crippen LogP) is -7.27. The Balaban J connectivity index is 2.11. The van der Waals surface area contributed by atoms with Crippen molar-refractivity contribution in [2.45, 2.75) is 132 Å². The Labute approximate surface area is 487 Å². The molecule has 0 aliphatic heterocycles. The van der Waals surface area contributed by atoms with Gasteiger partial charge in [-0.3, -0.25) is 39.6 Å². The molecular weight excluding hydrogens is 1110 g/mol. The summed E-state index contributed by atoms with van der Waals surface area (Å²) < 4.78 is 6.13. The van der Waals surface area contributed by atoms with Crippen LogP contribution in [0.1, 0.15) is 80.3 Å². The number of aliphatic hydroxyl groups is 10. The third-order valence-electron chi connectivity index (χ3n) is 12.8. The van der Waals surface area contributed by atoms with Gasteiger partial charge in [-0.2, -0.15) is 0 Å². The van der Waals surface area contributed by atoms with Crippen LogP contribution in [0.4, 0.5) is 11.6 Å². The molecule has 3 amide bonds. The molecular formula is C50H91ClN18O14. The zero-order valence-electron chi connectivity index (χ0n) is 46.8. The number of aromatic nitrogens is 2. The van der Waals surface area contributed by atoms with Gasteiger partial charge in [0.05, 0.1) is 37.5 Å². The van der Waals surface area contributed by atoms with E-state index in [0.29, 0.717) is 90.0 Å². The molecule has 10 atom stereocenters. The lowest BCUT2D eigenvalue weighted by atomic mass is 10.0. The highest BCUT2D eigenvalue weighted by atomic mass is 35.5. The topological polar surface area (TPSA) is 571 Å². The molecule has 0 radical (unpaired) electrons. The molecule has 33 heteroatoms. The van der Waals surface area contributed by atoms with E-state index in [0.717, 1.165) is 18.4 Å². The van der Waals surface area contributed by atoms with Crippen LogP contribution >= 0.6 is 11.6 Å². The van der Waals surface area contributed by atoms with Gasteiger partial charge in [-0.05, 0) is 101 Å². The van der Waals surface area contributed by atoms with Gasteiger partial charge < -0.3 is 117 Å². The van der Waals surface area contributed by atoms with Crippen molar-refractivity contribution in [3.05, 3.63) is 40.7 Å². The second-order valence-corrected chi connectivity index (χ2v) is 19.9. The predicted molar refractivity (Wildman–Crippen MR) is 311 cm³/mol. The minimum Gasteiger partial charge on any atom is -0.492 e. The molecule has 0 spiro atoms. The summed E-state index contributed by atoms with van der Waals surface area (Å²) in [4.78, 5) is 61.4. The Morgan fingerprint density at radius 2 is 1.05 bits per heavy atom. The molecule has 0 saturated heterocycles. The van der Waals surface area contributed by atoms with Crippen LogP contribution in [0.15, 0.2) is 39.2 Å². The number of benzene rings is 1. The van der Waals surface area contributed by atoms with Crippen LogP contribution < -0.4 is 71.5 Å². The van der Waals surface area contributed by atoms with Crippen LogP contribution in [0.5, 0.6) is 5.75 Å². The Kier molecular flexibility index (Phi) is 36.1. The standard InChI is InChI=1S/C50H91ClN18O14/c51-42-44(53)67-43(52)37(66-42)47(82)68-50(58)63-18-4-1-9-29-12-14-30(15-13-29)83-24-23-69(21-7-19-59-45(80)31(10-2-5-16-61-48(54)55)64-25-33(72)38(76)40(78)35(74)27-70)22-8-20-60-46(81)32(11-3-6-17-62-49(56)57)65-26-34(73)39(77)41(79)36(75)28-71/h12-15,31-36,38-41,64-65,70-79H,1-11,16-28H2,(H,59,80)(H,60,81)(H4,52,53,67)(H4,54,55,61)(H4,56,57,62)(H3,58,63,68,82)/t31-,32-,33-,34-,35+,36+,38+,39+,40+,41+/m0/s1. The largest absolute Gasteiger partial charge is 0.492 e. The summed E-state index contributed by atoms with van der Waals surface area (Å²) in [6.07, 6.45) is -8.30. The number of carbonyl (C=O) groups excluding carboxylic acids is 3. The fraction of sp³-hybridized carbons (Fsp3) is 0.680. The molecule has 0 saturated carbocycles. The Hall–Kier alpha value is -6.11. The summed E-state index contributed by atoms with van der Waals surface area (Å²) in [7, 11) is 0. The van der Waals surface area contributed by atoms with Gasteiger partial charge in [0.15, 0.2) is 40.4 Å². The van der Waals surface area contributed by atoms with Crippen LogP contribution in [-0.4, -0.2) is 248 Å². The quantitative estimate of drug-likeness (QED) is 0.0166. The number of nitrogens with one attached hydrogen (secondary N) is 5. The number of anilines is 2. The summed E-state index contributed by atoms with van der Waals surface area (Å²) in [5.74, 6) is -1.55. The van der Waals surface area contributed by atoms with Crippen molar-refractivity contribution < 1.29 is 70.2 Å². The third kappa shape index (κ3) is 29.8. The Morgan fingerprint density at radius 3 is 1.52 bits per heavy atom. The van der Waals surface area contributed by atoms with Crippen molar-refractivity contribution >= 4 is 58.8 Å². The summed E-state index contributed by atoms with van der Waals surface area (Å²) in [6, 6.07) is 5.88. The number of nitrogens with zero attached hydrogens (tertiary/aromatic N) is 6. The highest BCUT2D eigenvalue weighted by Gasteiger charge is 2.32. The Bertz CT molecular complexity index is 2190. The van der Waals surface area contributed by atoms with Gasteiger partial charge in [0.25, 0.3) is 5.91 Å². The van der Waals surface area contributed by atoms with Gasteiger partial charge in [-0.1, -0.05) is 23.7 Å². The first-order valence-corrected chi connectivity index (χ1v) is 27.8. The van der Waals surface area contributed by atoms with Crippen LogP contribution in [0.3, 0.4) is 0 Å². The normalized spacial score (nSPS) is 15.4. The van der Waals surface area contributed by atoms with E-state index >= 15 is 0 Å². The molecule has 83 heavy (non-hydrogen) atoms. The average molecular weight is 1200 g/mol. The smallest absolute Gasteiger partial charge is 0.280 e. The van der Waals surface area contributed by atoms with Crippen LogP contribution in [-0.2, 0) is 16.0 Å². The van der Waals surface area contributed by atoms with E-state index in [2.05, 4.69) is 56.4 Å². The molecule has 0 unspecified atom stereocenters. The number of carbonyl (C=O) groups is 3. The lowest BCUT2D eigenvalue weighted by molar-refractivity contribution is -0.125. The minimum absolute atomic E-state index is 0.0799. The van der Waals surface area contributed by atoms with E-state index in [-0.39, 0.29) is 86.0 Å². The fourth-order valence-corrected chi connectivity index (χ4v) is 8.13. The molecule has 1 aromatic carbocycles. The maximum atomic E-state index is 13.5. The first-order chi connectivity index (χ1) is 39.5. The number of nitrogens with two attached hydrogens (primary N) is 7. The van der Waals surface area contributed by atoms with E-state index < -0.39 is 91.9 Å². The van der Waals surface area contributed by atoms with Crippen LogP contribution in [0.25, 0.3) is 0 Å². The van der Waals surface area contributed by atoms with E-state index in [1.807, 2.05) is 24.3 Å². The third-order valence-corrected chi connectivity index (χ3v) is 13.1. The second kappa shape index (κ2) is 41.0. The summed E-state index contributed by atoms with van der Waals surface area (Å²) in [5.41, 5.74) is 39.7. The van der Waals surface area contributed by atoms with Gasteiger partial charge in [0.2, 0.25) is 11.8 Å². The zero-order valence-corrected chi connectivity index (χ0v) is 47.5. The van der Waals surface area contributed by atoms with Gasteiger partial charge in [0, 0.05) is 52.4 Å². The van der Waals surface area contributed by atoms with Crippen molar-refractivity contribution in [2.75, 3.05) is 96.7 Å². The number of aliphatic hydroxyl groups excluding tert-OH is 10. The van der Waals surface area contributed by atoms with Crippen molar-refractivity contribution in [3.63, 3.8) is 0 Å². The highest BCUT2D eigenvalue weighted by molar-refractivity contribution is 6.31. The number of aryl methyl sites for hydroxylation is 1. The van der Waals surface area contributed by atoms with E-state index in [4.69, 9.17) is 66.7 Å². The molecule has 29 N–H and O–H groups in total. The van der Waals surface area contributed by atoms with Crippen molar-refractivity contribution in [1.29, 1.82) is 0 Å². The first kappa shape index (κ1) is 73.0. The number of amides is 3. The van der Waals surface area contributed by atoms with Crippen molar-refractivity contribution in [3.8, 4) is 5.75 Å². The van der Waals surface area contributed by atoms with E-state index in [1.54, 1.807) is 0 Å². The summed E-state index contributed by atoms with van der Waals surface area (Å²) in [5, 5.41) is 114. The summed E-state index contributed by atoms with van der Waals surface area (Å²) >= 11 is 5.86. The number of nitrogen functional groups attached to an aromatic ring is 2.